The summed E-state index contributed by atoms with van der Waals surface area (Å²) in [6.45, 7) is 0.964. The molecule has 1 aliphatic heterocycles. The maximum atomic E-state index is 12.8. The number of nitrogens with two attached hydrogens (primary N) is 1. The van der Waals surface area contributed by atoms with Crippen LogP contribution >= 0.6 is 0 Å². The first-order valence-electron chi connectivity index (χ1n) is 5.92. The minimum Gasteiger partial charge on any atom is -0.369 e. The normalized spacial score (nSPS) is 19.6. The quantitative estimate of drug-likeness (QED) is 0.856. The summed E-state index contributed by atoms with van der Waals surface area (Å²) in [6.07, 6.45) is 1.49. The van der Waals surface area contributed by atoms with E-state index in [0.29, 0.717) is 18.7 Å². The van der Waals surface area contributed by atoms with Gasteiger partial charge >= 0.3 is 0 Å². The van der Waals surface area contributed by atoms with E-state index in [2.05, 4.69) is 0 Å². The van der Waals surface area contributed by atoms with Gasteiger partial charge in [0.15, 0.2) is 0 Å². The summed E-state index contributed by atoms with van der Waals surface area (Å²) in [5.41, 5.74) is 5.69. The Morgan fingerprint density at radius 3 is 2.56 bits per heavy atom. The van der Waals surface area contributed by atoms with Gasteiger partial charge in [-0.15, -0.1) is 0 Å². The first kappa shape index (κ1) is 12.5. The number of carbonyl (C=O) groups excluding carboxylic acids is 2. The van der Waals surface area contributed by atoms with E-state index in [1.807, 2.05) is 0 Å². The molecule has 1 fully saturated rings. The van der Waals surface area contributed by atoms with E-state index in [9.17, 15) is 14.0 Å². The zero-order valence-corrected chi connectivity index (χ0v) is 9.93. The predicted octanol–water partition coefficient (Wildman–Crippen LogP) is 1.16. The van der Waals surface area contributed by atoms with Crippen LogP contribution in [0.4, 0.5) is 4.39 Å². The number of benzene rings is 1. The van der Waals surface area contributed by atoms with Gasteiger partial charge in [-0.1, -0.05) is 0 Å². The van der Waals surface area contributed by atoms with Crippen LogP contribution in [-0.4, -0.2) is 29.8 Å². The summed E-state index contributed by atoms with van der Waals surface area (Å²) in [4.78, 5) is 24.9. The molecule has 1 aromatic carbocycles. The van der Waals surface area contributed by atoms with Crippen LogP contribution in [0.5, 0.6) is 0 Å². The Labute approximate surface area is 105 Å². The fraction of sp³-hybridized carbons (Fsp3) is 0.385. The number of likely N-dealkylation sites (tertiary alicyclic amines) is 1. The Hall–Kier alpha value is -1.91. The smallest absolute Gasteiger partial charge is 0.253 e. The molecule has 1 saturated heterocycles. The fourth-order valence-corrected chi connectivity index (χ4v) is 2.17. The van der Waals surface area contributed by atoms with Gasteiger partial charge in [-0.2, -0.15) is 0 Å². The molecular formula is C13H15FN2O2. The van der Waals surface area contributed by atoms with E-state index in [0.717, 1.165) is 12.8 Å². The summed E-state index contributed by atoms with van der Waals surface area (Å²) in [5, 5.41) is 0. The van der Waals surface area contributed by atoms with Crippen molar-refractivity contribution in [1.29, 1.82) is 0 Å². The number of halogens is 1. The third-order valence-electron chi connectivity index (χ3n) is 3.20. The molecule has 1 atom stereocenters. The highest BCUT2D eigenvalue weighted by Crippen LogP contribution is 2.18. The van der Waals surface area contributed by atoms with E-state index >= 15 is 0 Å². The maximum Gasteiger partial charge on any atom is 0.253 e. The standard InChI is InChI=1S/C13H15FN2O2/c14-11-5-3-9(4-6-11)13(18)16-7-1-2-10(8-16)12(15)17/h3-6,10H,1-2,7-8H2,(H2,15,17). The maximum absolute atomic E-state index is 12.8. The van der Waals surface area contributed by atoms with Crippen LogP contribution in [0.3, 0.4) is 0 Å². The average Bonchev–Trinajstić information content (AvgIpc) is 2.39. The SMILES string of the molecule is NC(=O)C1CCCN(C(=O)c2ccc(F)cc2)C1. The molecule has 1 aromatic rings. The number of hydrogen-bond acceptors (Lipinski definition) is 2. The molecule has 5 heteroatoms. The van der Waals surface area contributed by atoms with E-state index in [1.165, 1.54) is 24.3 Å². The highest BCUT2D eigenvalue weighted by atomic mass is 19.1. The minimum absolute atomic E-state index is 0.180. The van der Waals surface area contributed by atoms with Gasteiger partial charge in [0, 0.05) is 18.7 Å². The Bertz CT molecular complexity index is 459. The van der Waals surface area contributed by atoms with Crippen molar-refractivity contribution in [3.8, 4) is 0 Å². The van der Waals surface area contributed by atoms with Gasteiger partial charge in [0.2, 0.25) is 5.91 Å². The van der Waals surface area contributed by atoms with Crippen LogP contribution in [0.2, 0.25) is 0 Å². The fourth-order valence-electron chi connectivity index (χ4n) is 2.17. The van der Waals surface area contributed by atoms with Gasteiger partial charge in [-0.3, -0.25) is 9.59 Å². The number of piperidine rings is 1. The first-order valence-corrected chi connectivity index (χ1v) is 5.92. The molecule has 0 bridgehead atoms. The van der Waals surface area contributed by atoms with Crippen LogP contribution in [-0.2, 0) is 4.79 Å². The molecule has 0 saturated carbocycles. The highest BCUT2D eigenvalue weighted by Gasteiger charge is 2.27. The zero-order chi connectivity index (χ0) is 13.1. The molecule has 2 N–H and O–H groups in total. The molecule has 1 unspecified atom stereocenters. The minimum atomic E-state index is -0.375. The largest absolute Gasteiger partial charge is 0.369 e. The Morgan fingerprint density at radius 1 is 1.28 bits per heavy atom. The third kappa shape index (κ3) is 2.67. The molecule has 4 nitrogen and oxygen atoms in total. The van der Waals surface area contributed by atoms with Crippen molar-refractivity contribution in [2.24, 2.45) is 11.7 Å². The average molecular weight is 250 g/mol. The molecule has 0 radical (unpaired) electrons. The molecule has 0 aliphatic carbocycles. The molecular weight excluding hydrogens is 235 g/mol. The number of nitrogens with zero attached hydrogens (tertiary/aromatic N) is 1. The second kappa shape index (κ2) is 5.16. The third-order valence-corrected chi connectivity index (χ3v) is 3.20. The number of amides is 2. The van der Waals surface area contributed by atoms with Crippen molar-refractivity contribution < 1.29 is 14.0 Å². The summed E-state index contributed by atoms with van der Waals surface area (Å²) >= 11 is 0. The molecule has 0 spiro atoms. The van der Waals surface area contributed by atoms with Gasteiger partial charge < -0.3 is 10.6 Å². The van der Waals surface area contributed by atoms with Crippen LogP contribution in [0.1, 0.15) is 23.2 Å². The lowest BCUT2D eigenvalue weighted by Gasteiger charge is -2.31. The van der Waals surface area contributed by atoms with Crippen molar-refractivity contribution in [2.75, 3.05) is 13.1 Å². The van der Waals surface area contributed by atoms with Crippen LogP contribution in [0.25, 0.3) is 0 Å². The zero-order valence-electron chi connectivity index (χ0n) is 9.93. The van der Waals surface area contributed by atoms with Gasteiger partial charge in [0.25, 0.3) is 5.91 Å². The van der Waals surface area contributed by atoms with Crippen LogP contribution in [0, 0.1) is 11.7 Å². The lowest BCUT2D eigenvalue weighted by molar-refractivity contribution is -0.123. The number of hydrogen-bond donors (Lipinski definition) is 1. The molecule has 2 amide bonds. The molecule has 0 aromatic heterocycles. The first-order chi connectivity index (χ1) is 8.58. The monoisotopic (exact) mass is 250 g/mol. The molecule has 1 heterocycles. The van der Waals surface area contributed by atoms with Gasteiger partial charge in [-0.25, -0.2) is 4.39 Å². The van der Waals surface area contributed by atoms with Crippen LogP contribution < -0.4 is 5.73 Å². The van der Waals surface area contributed by atoms with Crippen molar-refractivity contribution in [1.82, 2.24) is 4.90 Å². The molecule has 1 aliphatic rings. The van der Waals surface area contributed by atoms with Crippen LogP contribution in [0.15, 0.2) is 24.3 Å². The van der Waals surface area contributed by atoms with E-state index < -0.39 is 0 Å². The van der Waals surface area contributed by atoms with E-state index in [1.54, 1.807) is 4.90 Å². The summed E-state index contributed by atoms with van der Waals surface area (Å²) in [6, 6.07) is 5.41. The predicted molar refractivity (Wildman–Crippen MR) is 64.2 cm³/mol. The topological polar surface area (TPSA) is 63.4 Å². The van der Waals surface area contributed by atoms with Gasteiger partial charge in [0.05, 0.1) is 5.92 Å². The summed E-state index contributed by atoms with van der Waals surface area (Å²) in [5.74, 6) is -1.20. The lowest BCUT2D eigenvalue weighted by atomic mass is 9.97. The van der Waals surface area contributed by atoms with Crippen molar-refractivity contribution in [3.05, 3.63) is 35.6 Å². The summed E-state index contributed by atoms with van der Waals surface area (Å²) in [7, 11) is 0. The molecule has 2 rings (SSSR count). The second-order valence-electron chi connectivity index (χ2n) is 4.50. The molecule has 96 valence electrons. The van der Waals surface area contributed by atoms with E-state index in [-0.39, 0.29) is 23.5 Å². The second-order valence-corrected chi connectivity index (χ2v) is 4.50. The van der Waals surface area contributed by atoms with E-state index in [4.69, 9.17) is 5.73 Å². The Morgan fingerprint density at radius 2 is 1.94 bits per heavy atom. The highest BCUT2D eigenvalue weighted by molar-refractivity contribution is 5.94. The van der Waals surface area contributed by atoms with Crippen molar-refractivity contribution in [3.63, 3.8) is 0 Å². The number of primary amides is 1. The Balaban J connectivity index is 2.09. The van der Waals surface area contributed by atoms with Gasteiger partial charge in [-0.05, 0) is 37.1 Å². The van der Waals surface area contributed by atoms with Crippen molar-refractivity contribution >= 4 is 11.8 Å². The Kier molecular flexibility index (Phi) is 3.60. The van der Waals surface area contributed by atoms with Gasteiger partial charge in [0.1, 0.15) is 5.82 Å². The number of rotatable bonds is 2. The lowest BCUT2D eigenvalue weighted by Crippen LogP contribution is -2.44. The number of carbonyl (C=O) groups is 2. The summed E-state index contributed by atoms with van der Waals surface area (Å²) < 4.78 is 12.8. The molecule has 18 heavy (non-hydrogen) atoms. The van der Waals surface area contributed by atoms with Crippen molar-refractivity contribution in [2.45, 2.75) is 12.8 Å².